The maximum atomic E-state index is 12.7. The van der Waals surface area contributed by atoms with Gasteiger partial charge in [-0.15, -0.1) is 0 Å². The van der Waals surface area contributed by atoms with Gasteiger partial charge in [0.1, 0.15) is 18.9 Å². The fourth-order valence-electron chi connectivity index (χ4n) is 2.92. The van der Waals surface area contributed by atoms with Crippen molar-refractivity contribution in [1.29, 1.82) is 0 Å². The number of hydrogen-bond donors (Lipinski definition) is 1. The van der Waals surface area contributed by atoms with Crippen LogP contribution in [0.3, 0.4) is 0 Å². The number of benzene rings is 2. The lowest BCUT2D eigenvalue weighted by Gasteiger charge is -2.31. The molecule has 1 heterocycles. The Hall–Kier alpha value is -1.12. The van der Waals surface area contributed by atoms with E-state index in [1.165, 1.54) is 4.90 Å². The zero-order valence-electron chi connectivity index (χ0n) is 14.2. The second kappa shape index (κ2) is 8.71. The first kappa shape index (κ1) is 19.6. The van der Waals surface area contributed by atoms with Crippen LogP contribution in [0.1, 0.15) is 0 Å². The number of rotatable bonds is 6. The Morgan fingerprint density at radius 3 is 2.38 bits per heavy atom. The molecule has 1 aliphatic rings. The van der Waals surface area contributed by atoms with Crippen molar-refractivity contribution in [2.75, 3.05) is 39.3 Å². The molecular formula is C18H21BrClN2O3S+. The van der Waals surface area contributed by atoms with Crippen LogP contribution in [-0.2, 0) is 10.0 Å². The first-order valence-electron chi connectivity index (χ1n) is 8.43. The number of halogens is 2. The molecule has 0 saturated carbocycles. The van der Waals surface area contributed by atoms with Crippen LogP contribution in [0.4, 0.5) is 0 Å². The second-order valence-electron chi connectivity index (χ2n) is 6.14. The van der Waals surface area contributed by atoms with Crippen LogP contribution in [-0.4, -0.2) is 52.1 Å². The van der Waals surface area contributed by atoms with E-state index in [-0.39, 0.29) is 0 Å². The lowest BCUT2D eigenvalue weighted by molar-refractivity contribution is -0.903. The number of ether oxygens (including phenoxy) is 1. The molecule has 2 aromatic rings. The minimum atomic E-state index is -3.42. The number of piperazine rings is 1. The number of sulfonamides is 1. The van der Waals surface area contributed by atoms with Crippen molar-refractivity contribution < 1.29 is 18.1 Å². The van der Waals surface area contributed by atoms with Crippen LogP contribution in [0.5, 0.6) is 5.75 Å². The Morgan fingerprint density at radius 1 is 1.08 bits per heavy atom. The monoisotopic (exact) mass is 459 g/mol. The third-order valence-electron chi connectivity index (χ3n) is 4.43. The molecular weight excluding hydrogens is 440 g/mol. The lowest BCUT2D eigenvalue weighted by Crippen LogP contribution is -3.15. The predicted molar refractivity (Wildman–Crippen MR) is 105 cm³/mol. The fourth-order valence-corrected chi connectivity index (χ4v) is 4.81. The summed E-state index contributed by atoms with van der Waals surface area (Å²) in [5, 5.41) is 0.605. The van der Waals surface area contributed by atoms with Gasteiger partial charge in [-0.3, -0.25) is 0 Å². The third-order valence-corrected chi connectivity index (χ3v) is 7.18. The summed E-state index contributed by atoms with van der Waals surface area (Å²) in [6, 6.07) is 14.2. The average Bonchev–Trinajstić information content (AvgIpc) is 2.64. The van der Waals surface area contributed by atoms with Crippen LogP contribution in [0.15, 0.2) is 57.9 Å². The van der Waals surface area contributed by atoms with Gasteiger partial charge in [-0.25, -0.2) is 8.42 Å². The van der Waals surface area contributed by atoms with Crippen molar-refractivity contribution >= 4 is 37.6 Å². The molecule has 0 radical (unpaired) electrons. The Labute approximate surface area is 167 Å². The van der Waals surface area contributed by atoms with Gasteiger partial charge in [0.05, 0.1) is 36.1 Å². The molecule has 26 heavy (non-hydrogen) atoms. The van der Waals surface area contributed by atoms with E-state index in [0.717, 1.165) is 24.1 Å². The van der Waals surface area contributed by atoms with Crippen molar-refractivity contribution in [3.8, 4) is 5.75 Å². The maximum Gasteiger partial charge on any atom is 0.243 e. The Morgan fingerprint density at radius 2 is 1.73 bits per heavy atom. The van der Waals surface area contributed by atoms with Crippen molar-refractivity contribution in [2.45, 2.75) is 4.90 Å². The number of para-hydroxylation sites is 1. The van der Waals surface area contributed by atoms with Gasteiger partial charge in [-0.05, 0) is 36.4 Å². The van der Waals surface area contributed by atoms with E-state index < -0.39 is 10.0 Å². The summed E-state index contributed by atoms with van der Waals surface area (Å²) in [6.45, 7) is 3.93. The molecule has 0 bridgehead atoms. The number of hydrogen-bond acceptors (Lipinski definition) is 3. The first-order valence-corrected chi connectivity index (χ1v) is 11.0. The highest BCUT2D eigenvalue weighted by Gasteiger charge is 2.30. The van der Waals surface area contributed by atoms with Gasteiger partial charge < -0.3 is 9.64 Å². The van der Waals surface area contributed by atoms with Gasteiger partial charge in [-0.2, -0.15) is 4.31 Å². The smallest absolute Gasteiger partial charge is 0.243 e. The van der Waals surface area contributed by atoms with Gasteiger partial charge in [0.25, 0.3) is 0 Å². The number of nitrogens with one attached hydrogen (secondary N) is 1. The number of quaternary nitrogens is 1. The average molecular weight is 461 g/mol. The SMILES string of the molecule is O=S(=O)(c1ccc(Br)cc1)N1CC[NH+](CCOc2ccccc2Cl)CC1. The van der Waals surface area contributed by atoms with Crippen molar-refractivity contribution in [2.24, 2.45) is 0 Å². The molecule has 0 unspecified atom stereocenters. The summed E-state index contributed by atoms with van der Waals surface area (Å²) < 4.78 is 33.6. The van der Waals surface area contributed by atoms with Gasteiger partial charge >= 0.3 is 0 Å². The summed E-state index contributed by atoms with van der Waals surface area (Å²) in [7, 11) is -3.42. The molecule has 5 nitrogen and oxygen atoms in total. The molecule has 3 rings (SSSR count). The van der Waals surface area contributed by atoms with Crippen LogP contribution in [0.2, 0.25) is 5.02 Å². The van der Waals surface area contributed by atoms with E-state index in [2.05, 4.69) is 15.9 Å². The van der Waals surface area contributed by atoms with E-state index in [1.807, 2.05) is 18.2 Å². The predicted octanol–water partition coefficient (Wildman–Crippen LogP) is 2.07. The van der Waals surface area contributed by atoms with Gasteiger partial charge in [0, 0.05) is 4.47 Å². The lowest BCUT2D eigenvalue weighted by atomic mass is 10.3. The van der Waals surface area contributed by atoms with Crippen molar-refractivity contribution in [3.63, 3.8) is 0 Å². The molecule has 2 aromatic carbocycles. The molecule has 140 valence electrons. The second-order valence-corrected chi connectivity index (χ2v) is 9.40. The molecule has 1 aliphatic heterocycles. The Kier molecular flexibility index (Phi) is 6.58. The minimum Gasteiger partial charge on any atom is -0.486 e. The standard InChI is InChI=1S/C18H20BrClN2O3S/c19-15-5-7-16(8-6-15)26(23,24)22-11-9-21(10-12-22)13-14-25-18-4-2-1-3-17(18)20/h1-8H,9-14H2/p+1. The van der Waals surface area contributed by atoms with Crippen molar-refractivity contribution in [1.82, 2.24) is 4.31 Å². The minimum absolute atomic E-state index is 0.339. The van der Waals surface area contributed by atoms with Gasteiger partial charge in [0.15, 0.2) is 0 Å². The summed E-state index contributed by atoms with van der Waals surface area (Å²) in [5.74, 6) is 0.685. The third kappa shape index (κ3) is 4.78. The highest BCUT2D eigenvalue weighted by molar-refractivity contribution is 9.10. The van der Waals surface area contributed by atoms with Crippen molar-refractivity contribution in [3.05, 3.63) is 58.0 Å². The molecule has 0 amide bonds. The van der Waals surface area contributed by atoms with E-state index in [1.54, 1.807) is 34.6 Å². The van der Waals surface area contributed by atoms with Gasteiger partial charge in [-0.1, -0.05) is 39.7 Å². The van der Waals surface area contributed by atoms with E-state index in [9.17, 15) is 8.42 Å². The van der Waals surface area contributed by atoms with Crippen LogP contribution in [0, 0.1) is 0 Å². The quantitative estimate of drug-likeness (QED) is 0.718. The Bertz CT molecular complexity index is 838. The molecule has 1 N–H and O–H groups in total. The highest BCUT2D eigenvalue weighted by Crippen LogP contribution is 2.22. The maximum absolute atomic E-state index is 12.7. The largest absolute Gasteiger partial charge is 0.486 e. The summed E-state index contributed by atoms with van der Waals surface area (Å²) in [6.07, 6.45) is 0. The normalized spacial score (nSPS) is 16.5. The summed E-state index contributed by atoms with van der Waals surface area (Å²) >= 11 is 9.40. The van der Waals surface area contributed by atoms with Crippen LogP contribution >= 0.6 is 27.5 Å². The topological polar surface area (TPSA) is 51.0 Å². The van der Waals surface area contributed by atoms with Crippen LogP contribution < -0.4 is 9.64 Å². The van der Waals surface area contributed by atoms with E-state index in [0.29, 0.717) is 35.4 Å². The molecule has 0 atom stereocenters. The number of nitrogens with zero attached hydrogens (tertiary/aromatic N) is 1. The highest BCUT2D eigenvalue weighted by atomic mass is 79.9. The first-order chi connectivity index (χ1) is 12.5. The van der Waals surface area contributed by atoms with Gasteiger partial charge in [0.2, 0.25) is 10.0 Å². The molecule has 0 aliphatic carbocycles. The summed E-state index contributed by atoms with van der Waals surface area (Å²) in [4.78, 5) is 1.67. The van der Waals surface area contributed by atoms with Crippen LogP contribution in [0.25, 0.3) is 0 Å². The summed E-state index contributed by atoms with van der Waals surface area (Å²) in [5.41, 5.74) is 0. The Balaban J connectivity index is 1.49. The zero-order valence-corrected chi connectivity index (χ0v) is 17.4. The fraction of sp³-hybridized carbons (Fsp3) is 0.333. The molecule has 1 saturated heterocycles. The molecule has 8 heteroatoms. The van der Waals surface area contributed by atoms with E-state index in [4.69, 9.17) is 16.3 Å². The molecule has 0 aromatic heterocycles. The molecule has 0 spiro atoms. The van der Waals surface area contributed by atoms with E-state index >= 15 is 0 Å². The zero-order chi connectivity index (χ0) is 18.6. The molecule has 1 fully saturated rings.